The lowest BCUT2D eigenvalue weighted by atomic mass is 9.99. The maximum atomic E-state index is 6.27. The molecule has 0 amide bonds. The van der Waals surface area contributed by atoms with E-state index in [0.29, 0.717) is 0 Å². The summed E-state index contributed by atoms with van der Waals surface area (Å²) in [6, 6.07) is 4.38. The molecule has 1 aromatic rings. The van der Waals surface area contributed by atoms with Crippen molar-refractivity contribution in [1.29, 1.82) is 0 Å². The van der Waals surface area contributed by atoms with Crippen LogP contribution in [-0.4, -0.2) is 12.1 Å². The molecule has 2 nitrogen and oxygen atoms in total. The summed E-state index contributed by atoms with van der Waals surface area (Å²) in [6.45, 7) is 4.08. The summed E-state index contributed by atoms with van der Waals surface area (Å²) in [4.78, 5) is 2.80. The summed E-state index contributed by atoms with van der Waals surface area (Å²) < 4.78 is 0. The van der Waals surface area contributed by atoms with Gasteiger partial charge >= 0.3 is 0 Å². The lowest BCUT2D eigenvalue weighted by Crippen LogP contribution is -2.46. The Morgan fingerprint density at radius 3 is 2.73 bits per heavy atom. The van der Waals surface area contributed by atoms with E-state index < -0.39 is 0 Å². The standard InChI is InChI=1S/C12H20N2S/c1-10-4-5-11(15-10)8-14-9-12(13)6-2-3-7-12/h4-5,14H,2-3,6-9,13H2,1H3. The molecule has 0 radical (unpaired) electrons. The molecule has 0 spiro atoms. The average molecular weight is 224 g/mol. The van der Waals surface area contributed by atoms with Gasteiger partial charge in [0, 0.05) is 28.4 Å². The van der Waals surface area contributed by atoms with E-state index in [-0.39, 0.29) is 5.54 Å². The molecule has 1 fully saturated rings. The Morgan fingerprint density at radius 1 is 1.40 bits per heavy atom. The first-order valence-corrected chi connectivity index (χ1v) is 6.55. The van der Waals surface area contributed by atoms with Crippen molar-refractivity contribution in [2.75, 3.05) is 6.54 Å². The minimum Gasteiger partial charge on any atom is -0.324 e. The van der Waals surface area contributed by atoms with Crippen molar-refractivity contribution in [3.8, 4) is 0 Å². The minimum atomic E-state index is 0.0757. The van der Waals surface area contributed by atoms with Gasteiger partial charge in [-0.15, -0.1) is 11.3 Å². The second-order valence-corrected chi connectivity index (χ2v) is 6.06. The highest BCUT2D eigenvalue weighted by Gasteiger charge is 2.28. The SMILES string of the molecule is Cc1ccc(CNCC2(N)CCCC2)s1. The molecular formula is C12H20N2S. The van der Waals surface area contributed by atoms with Gasteiger partial charge in [-0.05, 0) is 31.9 Å². The van der Waals surface area contributed by atoms with Gasteiger partial charge in [0.25, 0.3) is 0 Å². The van der Waals surface area contributed by atoms with Crippen LogP contribution in [0.1, 0.15) is 35.4 Å². The Morgan fingerprint density at radius 2 is 2.13 bits per heavy atom. The maximum Gasteiger partial charge on any atom is 0.0300 e. The van der Waals surface area contributed by atoms with E-state index in [1.807, 2.05) is 11.3 Å². The summed E-state index contributed by atoms with van der Waals surface area (Å²) in [7, 11) is 0. The van der Waals surface area contributed by atoms with Crippen molar-refractivity contribution in [1.82, 2.24) is 5.32 Å². The molecule has 1 heterocycles. The van der Waals surface area contributed by atoms with Crippen molar-refractivity contribution < 1.29 is 0 Å². The lowest BCUT2D eigenvalue weighted by Gasteiger charge is -2.23. The van der Waals surface area contributed by atoms with Crippen LogP contribution in [0.3, 0.4) is 0 Å². The molecule has 1 saturated carbocycles. The second-order valence-electron chi connectivity index (χ2n) is 4.69. The lowest BCUT2D eigenvalue weighted by molar-refractivity contribution is 0.405. The Bertz CT molecular complexity index is 313. The predicted octanol–water partition coefficient (Wildman–Crippen LogP) is 2.42. The van der Waals surface area contributed by atoms with E-state index >= 15 is 0 Å². The van der Waals surface area contributed by atoms with Crippen LogP contribution >= 0.6 is 11.3 Å². The molecule has 0 aliphatic heterocycles. The van der Waals surface area contributed by atoms with Crippen molar-refractivity contribution in [2.45, 2.75) is 44.7 Å². The van der Waals surface area contributed by atoms with Crippen LogP contribution in [0, 0.1) is 6.92 Å². The van der Waals surface area contributed by atoms with Gasteiger partial charge < -0.3 is 11.1 Å². The van der Waals surface area contributed by atoms with Gasteiger partial charge in [0.1, 0.15) is 0 Å². The van der Waals surface area contributed by atoms with E-state index in [1.165, 1.54) is 35.4 Å². The molecule has 0 atom stereocenters. The van der Waals surface area contributed by atoms with Crippen molar-refractivity contribution in [3.63, 3.8) is 0 Å². The van der Waals surface area contributed by atoms with Crippen LogP contribution in [0.15, 0.2) is 12.1 Å². The quantitative estimate of drug-likeness (QED) is 0.824. The molecule has 1 aliphatic rings. The normalized spacial score (nSPS) is 19.6. The molecule has 1 aromatic heterocycles. The summed E-state index contributed by atoms with van der Waals surface area (Å²) in [5, 5.41) is 3.48. The van der Waals surface area contributed by atoms with Crippen LogP contribution in [0.5, 0.6) is 0 Å². The van der Waals surface area contributed by atoms with Crippen LogP contribution in [0.2, 0.25) is 0 Å². The van der Waals surface area contributed by atoms with Gasteiger partial charge in [-0.25, -0.2) is 0 Å². The Kier molecular flexibility index (Phi) is 3.44. The number of nitrogens with two attached hydrogens (primary N) is 1. The molecule has 3 N–H and O–H groups in total. The molecule has 0 aromatic carbocycles. The highest BCUT2D eigenvalue weighted by Crippen LogP contribution is 2.26. The van der Waals surface area contributed by atoms with Gasteiger partial charge in [-0.1, -0.05) is 12.8 Å². The molecule has 1 aliphatic carbocycles. The smallest absolute Gasteiger partial charge is 0.0300 e. The zero-order valence-electron chi connectivity index (χ0n) is 9.38. The molecule has 84 valence electrons. The maximum absolute atomic E-state index is 6.27. The van der Waals surface area contributed by atoms with Gasteiger partial charge in [0.05, 0.1) is 0 Å². The largest absolute Gasteiger partial charge is 0.324 e. The third-order valence-corrected chi connectivity index (χ3v) is 4.17. The van der Waals surface area contributed by atoms with Gasteiger partial charge in [0.2, 0.25) is 0 Å². The molecular weight excluding hydrogens is 204 g/mol. The summed E-state index contributed by atoms with van der Waals surface area (Å²) in [5.74, 6) is 0. The third-order valence-electron chi connectivity index (χ3n) is 3.17. The number of nitrogens with one attached hydrogen (secondary N) is 1. The van der Waals surface area contributed by atoms with Crippen LogP contribution in [0.4, 0.5) is 0 Å². The van der Waals surface area contributed by atoms with Crippen molar-refractivity contribution in [2.24, 2.45) is 5.73 Å². The van der Waals surface area contributed by atoms with E-state index in [4.69, 9.17) is 5.73 Å². The van der Waals surface area contributed by atoms with Crippen LogP contribution in [-0.2, 0) is 6.54 Å². The Labute approximate surface area is 95.9 Å². The first kappa shape index (κ1) is 11.1. The van der Waals surface area contributed by atoms with Gasteiger partial charge in [-0.2, -0.15) is 0 Å². The van der Waals surface area contributed by atoms with Gasteiger partial charge in [0.15, 0.2) is 0 Å². The molecule has 0 unspecified atom stereocenters. The molecule has 15 heavy (non-hydrogen) atoms. The van der Waals surface area contributed by atoms with E-state index in [2.05, 4.69) is 24.4 Å². The average Bonchev–Trinajstić information content (AvgIpc) is 2.76. The molecule has 0 bridgehead atoms. The number of rotatable bonds is 4. The summed E-state index contributed by atoms with van der Waals surface area (Å²) in [5.41, 5.74) is 6.35. The van der Waals surface area contributed by atoms with Crippen LogP contribution < -0.4 is 11.1 Å². The number of thiophene rings is 1. The predicted molar refractivity (Wildman–Crippen MR) is 66.1 cm³/mol. The highest BCUT2D eigenvalue weighted by molar-refractivity contribution is 7.11. The van der Waals surface area contributed by atoms with E-state index in [0.717, 1.165) is 13.1 Å². The number of hydrogen-bond acceptors (Lipinski definition) is 3. The zero-order chi connectivity index (χ0) is 10.7. The summed E-state index contributed by atoms with van der Waals surface area (Å²) >= 11 is 1.87. The fourth-order valence-electron chi connectivity index (χ4n) is 2.27. The highest BCUT2D eigenvalue weighted by atomic mass is 32.1. The first-order valence-electron chi connectivity index (χ1n) is 5.73. The van der Waals surface area contributed by atoms with Crippen LogP contribution in [0.25, 0.3) is 0 Å². The molecule has 3 heteroatoms. The van der Waals surface area contributed by atoms with E-state index in [1.54, 1.807) is 0 Å². The fraction of sp³-hybridized carbons (Fsp3) is 0.667. The second kappa shape index (κ2) is 4.64. The van der Waals surface area contributed by atoms with Gasteiger partial charge in [-0.3, -0.25) is 0 Å². The number of hydrogen-bond donors (Lipinski definition) is 2. The third kappa shape index (κ3) is 3.03. The Hall–Kier alpha value is -0.380. The Balaban J connectivity index is 1.75. The van der Waals surface area contributed by atoms with Crippen molar-refractivity contribution >= 4 is 11.3 Å². The number of aryl methyl sites for hydroxylation is 1. The van der Waals surface area contributed by atoms with E-state index in [9.17, 15) is 0 Å². The molecule has 0 saturated heterocycles. The minimum absolute atomic E-state index is 0.0757. The topological polar surface area (TPSA) is 38.0 Å². The fourth-order valence-corrected chi connectivity index (χ4v) is 3.13. The monoisotopic (exact) mass is 224 g/mol. The summed E-state index contributed by atoms with van der Waals surface area (Å²) in [6.07, 6.45) is 4.97. The first-order chi connectivity index (χ1) is 7.18. The zero-order valence-corrected chi connectivity index (χ0v) is 10.2. The molecule has 2 rings (SSSR count). The van der Waals surface area contributed by atoms with Crippen molar-refractivity contribution in [3.05, 3.63) is 21.9 Å².